The first-order valence-electron chi connectivity index (χ1n) is 5.69. The van der Waals surface area contributed by atoms with Crippen LogP contribution in [0, 0.1) is 5.92 Å². The number of aliphatic carboxylic acids is 1. The molecule has 1 aromatic rings. The number of anilines is 1. The van der Waals surface area contributed by atoms with Gasteiger partial charge in [-0.1, -0.05) is 0 Å². The number of carboxylic acid groups (broad SMARTS) is 1. The summed E-state index contributed by atoms with van der Waals surface area (Å²) in [6, 6.07) is 3.15. The molecule has 5 nitrogen and oxygen atoms in total. The summed E-state index contributed by atoms with van der Waals surface area (Å²) in [4.78, 5) is 23.2. The van der Waals surface area contributed by atoms with Crippen molar-refractivity contribution in [3.05, 3.63) is 29.3 Å². The van der Waals surface area contributed by atoms with E-state index in [-0.39, 0.29) is 18.8 Å². The first-order chi connectivity index (χ1) is 9.20. The van der Waals surface area contributed by atoms with Crippen molar-refractivity contribution in [2.24, 2.45) is 11.7 Å². The highest BCUT2D eigenvalue weighted by Gasteiger charge is 2.37. The number of hydrogen-bond donors (Lipinski definition) is 2. The number of carboxylic acids is 1. The second kappa shape index (κ2) is 4.69. The van der Waals surface area contributed by atoms with Crippen LogP contribution in [0.4, 0.5) is 18.9 Å². The van der Waals surface area contributed by atoms with Crippen molar-refractivity contribution in [2.45, 2.75) is 6.18 Å². The maximum atomic E-state index is 12.9. The van der Waals surface area contributed by atoms with Crippen LogP contribution in [0.3, 0.4) is 0 Å². The molecule has 2 rings (SSSR count). The molecule has 1 aliphatic rings. The Labute approximate surface area is 111 Å². The van der Waals surface area contributed by atoms with E-state index < -0.39 is 35.1 Å². The average Bonchev–Trinajstić information content (AvgIpc) is 2.24. The average molecular weight is 288 g/mol. The summed E-state index contributed by atoms with van der Waals surface area (Å²) >= 11 is 0. The highest BCUT2D eigenvalue weighted by atomic mass is 19.4. The molecule has 3 N–H and O–H groups in total. The van der Waals surface area contributed by atoms with Crippen molar-refractivity contribution >= 4 is 17.6 Å². The number of alkyl halides is 3. The van der Waals surface area contributed by atoms with Crippen molar-refractivity contribution in [3.63, 3.8) is 0 Å². The molecule has 0 saturated carbocycles. The van der Waals surface area contributed by atoms with Gasteiger partial charge in [-0.3, -0.25) is 9.59 Å². The molecule has 0 spiro atoms. The van der Waals surface area contributed by atoms with E-state index in [0.717, 1.165) is 12.1 Å². The Kier molecular flexibility index (Phi) is 3.33. The van der Waals surface area contributed by atoms with Crippen LogP contribution in [0.1, 0.15) is 15.9 Å². The maximum Gasteiger partial charge on any atom is 0.417 e. The molecule has 1 aromatic carbocycles. The SMILES string of the molecule is NC(=O)c1ccc(N2CC(C(=O)O)C2)cc1C(F)(F)F. The zero-order valence-electron chi connectivity index (χ0n) is 10.1. The third-order valence-corrected chi connectivity index (χ3v) is 3.17. The predicted octanol–water partition coefficient (Wildman–Crippen LogP) is 1.33. The van der Waals surface area contributed by atoms with Gasteiger partial charge >= 0.3 is 12.1 Å². The van der Waals surface area contributed by atoms with E-state index >= 15 is 0 Å². The molecule has 0 bridgehead atoms. The molecule has 0 unspecified atom stereocenters. The lowest BCUT2D eigenvalue weighted by Crippen LogP contribution is -2.50. The Morgan fingerprint density at radius 1 is 1.30 bits per heavy atom. The molecule has 1 amide bonds. The number of halogens is 3. The predicted molar refractivity (Wildman–Crippen MR) is 63.3 cm³/mol. The van der Waals surface area contributed by atoms with Gasteiger partial charge in [-0.2, -0.15) is 13.2 Å². The minimum Gasteiger partial charge on any atom is -0.481 e. The van der Waals surface area contributed by atoms with Crippen LogP contribution in [0.15, 0.2) is 18.2 Å². The van der Waals surface area contributed by atoms with E-state index in [1.54, 1.807) is 0 Å². The molecule has 0 radical (unpaired) electrons. The number of hydrogen-bond acceptors (Lipinski definition) is 3. The smallest absolute Gasteiger partial charge is 0.417 e. The molecule has 108 valence electrons. The van der Waals surface area contributed by atoms with Gasteiger partial charge < -0.3 is 15.7 Å². The summed E-state index contributed by atoms with van der Waals surface area (Å²) in [7, 11) is 0. The topological polar surface area (TPSA) is 83.6 Å². The third kappa shape index (κ3) is 2.54. The normalized spacial score (nSPS) is 15.8. The number of nitrogens with two attached hydrogens (primary N) is 1. The quantitative estimate of drug-likeness (QED) is 0.878. The van der Waals surface area contributed by atoms with Gasteiger partial charge in [0, 0.05) is 18.8 Å². The molecule has 8 heteroatoms. The Morgan fingerprint density at radius 3 is 2.35 bits per heavy atom. The van der Waals surface area contributed by atoms with Gasteiger partial charge in [0.1, 0.15) is 0 Å². The van der Waals surface area contributed by atoms with Crippen molar-refractivity contribution in [1.29, 1.82) is 0 Å². The summed E-state index contributed by atoms with van der Waals surface area (Å²) in [6.07, 6.45) is -4.70. The second-order valence-electron chi connectivity index (χ2n) is 4.53. The Balaban J connectivity index is 2.30. The number of rotatable bonds is 3. The van der Waals surface area contributed by atoms with E-state index in [9.17, 15) is 22.8 Å². The Morgan fingerprint density at radius 2 is 1.90 bits per heavy atom. The maximum absolute atomic E-state index is 12.9. The van der Waals surface area contributed by atoms with Gasteiger partial charge in [0.2, 0.25) is 5.91 Å². The number of nitrogens with zero attached hydrogens (tertiary/aromatic N) is 1. The van der Waals surface area contributed by atoms with E-state index in [1.165, 1.54) is 11.0 Å². The lowest BCUT2D eigenvalue weighted by Gasteiger charge is -2.38. The van der Waals surface area contributed by atoms with E-state index in [0.29, 0.717) is 0 Å². The molecule has 1 heterocycles. The highest BCUT2D eigenvalue weighted by molar-refractivity contribution is 5.95. The van der Waals surface area contributed by atoms with Crippen molar-refractivity contribution in [1.82, 2.24) is 0 Å². The number of carbonyl (C=O) groups excluding carboxylic acids is 1. The molecule has 0 aliphatic carbocycles. The van der Waals surface area contributed by atoms with E-state index in [4.69, 9.17) is 10.8 Å². The van der Waals surface area contributed by atoms with Gasteiger partial charge in [-0.25, -0.2) is 0 Å². The van der Waals surface area contributed by atoms with Crippen LogP contribution in [0.25, 0.3) is 0 Å². The van der Waals surface area contributed by atoms with Crippen LogP contribution in [0.2, 0.25) is 0 Å². The fourth-order valence-electron chi connectivity index (χ4n) is 2.02. The standard InChI is InChI=1S/C12H11F3N2O3/c13-12(14,15)9-3-7(1-2-8(9)10(16)18)17-4-6(5-17)11(19)20/h1-3,6H,4-5H2,(H2,16,18)(H,19,20). The fourth-order valence-corrected chi connectivity index (χ4v) is 2.02. The third-order valence-electron chi connectivity index (χ3n) is 3.17. The second-order valence-corrected chi connectivity index (χ2v) is 4.53. The lowest BCUT2D eigenvalue weighted by atomic mass is 9.97. The largest absolute Gasteiger partial charge is 0.481 e. The Hall–Kier alpha value is -2.25. The number of benzene rings is 1. The first kappa shape index (κ1) is 14.2. The van der Waals surface area contributed by atoms with Crippen LogP contribution in [-0.4, -0.2) is 30.1 Å². The van der Waals surface area contributed by atoms with Crippen LogP contribution < -0.4 is 10.6 Å². The minimum atomic E-state index is -4.70. The summed E-state index contributed by atoms with van der Waals surface area (Å²) in [5, 5.41) is 8.73. The van der Waals surface area contributed by atoms with Gasteiger partial charge in [0.15, 0.2) is 0 Å². The zero-order chi connectivity index (χ0) is 15.1. The highest BCUT2D eigenvalue weighted by Crippen LogP contribution is 2.36. The van der Waals surface area contributed by atoms with Crippen molar-refractivity contribution in [2.75, 3.05) is 18.0 Å². The summed E-state index contributed by atoms with van der Waals surface area (Å²) in [5.41, 5.74) is 3.43. The molecule has 20 heavy (non-hydrogen) atoms. The van der Waals surface area contributed by atoms with Crippen molar-refractivity contribution < 1.29 is 27.9 Å². The van der Waals surface area contributed by atoms with Crippen molar-refractivity contribution in [3.8, 4) is 0 Å². The van der Waals surface area contributed by atoms with Gasteiger partial charge in [-0.05, 0) is 18.2 Å². The molecule has 0 aromatic heterocycles. The number of primary amides is 1. The summed E-state index contributed by atoms with van der Waals surface area (Å²) in [6.45, 7) is 0.283. The van der Waals surface area contributed by atoms with Crippen LogP contribution in [0.5, 0.6) is 0 Å². The number of carbonyl (C=O) groups is 2. The van der Waals surface area contributed by atoms with E-state index in [2.05, 4.69) is 0 Å². The molecule has 0 atom stereocenters. The number of amides is 1. The summed E-state index contributed by atoms with van der Waals surface area (Å²) in [5.74, 6) is -2.72. The van der Waals surface area contributed by atoms with Crippen LogP contribution >= 0.6 is 0 Å². The molecule has 1 aliphatic heterocycles. The monoisotopic (exact) mass is 288 g/mol. The Bertz CT molecular complexity index is 566. The minimum absolute atomic E-state index is 0.141. The van der Waals surface area contributed by atoms with Gasteiger partial charge in [0.05, 0.1) is 17.0 Å². The molecular weight excluding hydrogens is 277 g/mol. The zero-order valence-corrected chi connectivity index (χ0v) is 10.1. The van der Waals surface area contributed by atoms with Gasteiger partial charge in [-0.15, -0.1) is 0 Å². The molecule has 1 saturated heterocycles. The van der Waals surface area contributed by atoms with Gasteiger partial charge in [0.25, 0.3) is 0 Å². The first-order valence-corrected chi connectivity index (χ1v) is 5.69. The van der Waals surface area contributed by atoms with Crippen LogP contribution in [-0.2, 0) is 11.0 Å². The molecule has 1 fully saturated rings. The van der Waals surface area contributed by atoms with E-state index in [1.807, 2.05) is 0 Å². The molecular formula is C12H11F3N2O3. The fraction of sp³-hybridized carbons (Fsp3) is 0.333. The lowest BCUT2D eigenvalue weighted by molar-refractivity contribution is -0.142. The summed E-state index contributed by atoms with van der Waals surface area (Å²) < 4.78 is 38.6.